The quantitative estimate of drug-likeness (QED) is 0.817. The molecule has 16 heavy (non-hydrogen) atoms. The molecule has 1 atom stereocenters. The minimum atomic E-state index is 0.392. The number of hydrogen-bond acceptors (Lipinski definition) is 3. The van der Waals surface area contributed by atoms with Crippen LogP contribution in [0, 0.1) is 6.92 Å². The van der Waals surface area contributed by atoms with E-state index in [-0.39, 0.29) is 0 Å². The summed E-state index contributed by atoms with van der Waals surface area (Å²) in [6.07, 6.45) is 4.08. The average Bonchev–Trinajstić information content (AvgIpc) is 2.75. The highest BCUT2D eigenvalue weighted by Gasteiger charge is 2.19. The summed E-state index contributed by atoms with van der Waals surface area (Å²) in [6, 6.07) is 4.61. The fraction of sp³-hybridized carbons (Fsp3) is 0.417. The lowest BCUT2D eigenvalue weighted by atomic mass is 10.2. The SMILES string of the molecule is Cc1cccn2c(C3CSCCN3)ncc12. The molecule has 0 bridgehead atoms. The molecule has 0 amide bonds. The average molecular weight is 233 g/mol. The number of fused-ring (bicyclic) bond motifs is 1. The van der Waals surface area contributed by atoms with Gasteiger partial charge in [-0.1, -0.05) is 6.07 Å². The smallest absolute Gasteiger partial charge is 0.131 e. The number of hydrogen-bond donors (Lipinski definition) is 1. The highest BCUT2D eigenvalue weighted by molar-refractivity contribution is 7.99. The van der Waals surface area contributed by atoms with E-state index in [1.807, 2.05) is 18.0 Å². The van der Waals surface area contributed by atoms with Gasteiger partial charge in [0.2, 0.25) is 0 Å². The molecule has 2 aromatic heterocycles. The molecule has 0 spiro atoms. The van der Waals surface area contributed by atoms with Crippen molar-refractivity contribution >= 4 is 17.3 Å². The third kappa shape index (κ3) is 1.62. The Morgan fingerprint density at radius 2 is 2.50 bits per heavy atom. The standard InChI is InChI=1S/C12H15N3S/c1-9-3-2-5-15-11(9)7-14-12(15)10-8-16-6-4-13-10/h2-3,5,7,10,13H,4,6,8H2,1H3. The van der Waals surface area contributed by atoms with E-state index < -0.39 is 0 Å². The molecule has 0 radical (unpaired) electrons. The normalized spacial score (nSPS) is 21.4. The van der Waals surface area contributed by atoms with E-state index in [0.717, 1.165) is 18.1 Å². The van der Waals surface area contributed by atoms with Gasteiger partial charge in [0, 0.05) is 24.2 Å². The lowest BCUT2D eigenvalue weighted by molar-refractivity contribution is 0.562. The summed E-state index contributed by atoms with van der Waals surface area (Å²) in [7, 11) is 0. The van der Waals surface area contributed by atoms with Gasteiger partial charge in [-0.05, 0) is 18.6 Å². The number of nitrogens with zero attached hydrogens (tertiary/aromatic N) is 2. The van der Waals surface area contributed by atoms with Gasteiger partial charge in [-0.3, -0.25) is 0 Å². The molecule has 3 heterocycles. The molecule has 3 nitrogen and oxygen atoms in total. The molecule has 1 N–H and O–H groups in total. The van der Waals surface area contributed by atoms with Gasteiger partial charge < -0.3 is 9.72 Å². The Labute approximate surface area is 99.3 Å². The van der Waals surface area contributed by atoms with E-state index in [0.29, 0.717) is 6.04 Å². The summed E-state index contributed by atoms with van der Waals surface area (Å²) < 4.78 is 2.21. The second-order valence-electron chi connectivity index (χ2n) is 4.14. The van der Waals surface area contributed by atoms with Crippen LogP contribution in [-0.4, -0.2) is 27.4 Å². The Balaban J connectivity index is 2.06. The molecule has 1 saturated heterocycles. The number of aryl methyl sites for hydroxylation is 1. The van der Waals surface area contributed by atoms with E-state index in [1.54, 1.807) is 0 Å². The van der Waals surface area contributed by atoms with Crippen molar-refractivity contribution in [2.24, 2.45) is 0 Å². The van der Waals surface area contributed by atoms with Gasteiger partial charge in [0.05, 0.1) is 17.8 Å². The second kappa shape index (κ2) is 4.11. The first-order chi connectivity index (χ1) is 7.86. The van der Waals surface area contributed by atoms with Crippen molar-refractivity contribution in [3.63, 3.8) is 0 Å². The molecule has 0 aromatic carbocycles. The number of thioether (sulfide) groups is 1. The summed E-state index contributed by atoms with van der Waals surface area (Å²) in [6.45, 7) is 3.21. The fourth-order valence-corrected chi connectivity index (χ4v) is 3.10. The number of pyridine rings is 1. The number of nitrogens with one attached hydrogen (secondary N) is 1. The number of imidazole rings is 1. The van der Waals surface area contributed by atoms with Crippen molar-refractivity contribution in [2.45, 2.75) is 13.0 Å². The van der Waals surface area contributed by atoms with Crippen LogP contribution in [0.25, 0.3) is 5.52 Å². The Hall–Kier alpha value is -1.00. The molecule has 1 aliphatic rings. The van der Waals surface area contributed by atoms with Crippen molar-refractivity contribution < 1.29 is 0 Å². The predicted molar refractivity (Wildman–Crippen MR) is 68.0 cm³/mol. The number of aromatic nitrogens is 2. The topological polar surface area (TPSA) is 29.3 Å². The van der Waals surface area contributed by atoms with Crippen LogP contribution >= 0.6 is 11.8 Å². The lowest BCUT2D eigenvalue weighted by Crippen LogP contribution is -2.31. The molecule has 84 valence electrons. The Kier molecular flexibility index (Phi) is 2.61. The largest absolute Gasteiger partial charge is 0.306 e. The Morgan fingerprint density at radius 3 is 3.31 bits per heavy atom. The highest BCUT2D eigenvalue weighted by Crippen LogP contribution is 2.22. The minimum Gasteiger partial charge on any atom is -0.306 e. The van der Waals surface area contributed by atoms with Crippen LogP contribution in [0.3, 0.4) is 0 Å². The van der Waals surface area contributed by atoms with Crippen molar-refractivity contribution in [2.75, 3.05) is 18.1 Å². The Bertz CT molecular complexity index is 500. The van der Waals surface area contributed by atoms with Gasteiger partial charge >= 0.3 is 0 Å². The highest BCUT2D eigenvalue weighted by atomic mass is 32.2. The van der Waals surface area contributed by atoms with Crippen LogP contribution in [0.4, 0.5) is 0 Å². The molecule has 1 unspecified atom stereocenters. The summed E-state index contributed by atoms with van der Waals surface area (Å²) in [5.41, 5.74) is 2.50. The maximum atomic E-state index is 4.57. The van der Waals surface area contributed by atoms with Crippen LogP contribution in [0.2, 0.25) is 0 Å². The predicted octanol–water partition coefficient (Wildman–Crippen LogP) is 2.02. The molecule has 3 rings (SSSR count). The van der Waals surface area contributed by atoms with Crippen molar-refractivity contribution in [1.29, 1.82) is 0 Å². The molecule has 1 fully saturated rings. The summed E-state index contributed by atoms with van der Waals surface area (Å²) >= 11 is 2.00. The first kappa shape index (κ1) is 10.2. The second-order valence-corrected chi connectivity index (χ2v) is 5.29. The minimum absolute atomic E-state index is 0.392. The molecule has 2 aromatic rings. The molecular weight excluding hydrogens is 218 g/mol. The van der Waals surface area contributed by atoms with Gasteiger partial charge in [-0.15, -0.1) is 0 Å². The van der Waals surface area contributed by atoms with Crippen LogP contribution in [0.5, 0.6) is 0 Å². The maximum Gasteiger partial charge on any atom is 0.131 e. The van der Waals surface area contributed by atoms with Crippen molar-refractivity contribution in [1.82, 2.24) is 14.7 Å². The van der Waals surface area contributed by atoms with Crippen molar-refractivity contribution in [3.05, 3.63) is 35.9 Å². The Morgan fingerprint density at radius 1 is 1.56 bits per heavy atom. The first-order valence-electron chi connectivity index (χ1n) is 5.60. The maximum absolute atomic E-state index is 4.57. The monoisotopic (exact) mass is 233 g/mol. The molecule has 1 aliphatic heterocycles. The first-order valence-corrected chi connectivity index (χ1v) is 6.75. The van der Waals surface area contributed by atoms with Gasteiger partial charge in [0.25, 0.3) is 0 Å². The van der Waals surface area contributed by atoms with E-state index in [4.69, 9.17) is 0 Å². The lowest BCUT2D eigenvalue weighted by Gasteiger charge is -2.22. The van der Waals surface area contributed by atoms with Gasteiger partial charge in [0.15, 0.2) is 0 Å². The van der Waals surface area contributed by atoms with E-state index in [2.05, 4.69) is 40.0 Å². The summed E-state index contributed by atoms with van der Waals surface area (Å²) in [4.78, 5) is 4.57. The van der Waals surface area contributed by atoms with Crippen LogP contribution in [0.15, 0.2) is 24.5 Å². The van der Waals surface area contributed by atoms with Gasteiger partial charge in [-0.25, -0.2) is 4.98 Å². The van der Waals surface area contributed by atoms with Crippen LogP contribution in [0.1, 0.15) is 17.4 Å². The molecular formula is C12H15N3S. The van der Waals surface area contributed by atoms with Gasteiger partial charge in [0.1, 0.15) is 5.82 Å². The van der Waals surface area contributed by atoms with E-state index in [1.165, 1.54) is 16.8 Å². The third-order valence-corrected chi connectivity index (χ3v) is 4.11. The number of rotatable bonds is 1. The zero-order valence-corrected chi connectivity index (χ0v) is 10.1. The zero-order chi connectivity index (χ0) is 11.0. The van der Waals surface area contributed by atoms with E-state index in [9.17, 15) is 0 Å². The van der Waals surface area contributed by atoms with E-state index >= 15 is 0 Å². The molecule has 4 heteroatoms. The summed E-state index contributed by atoms with van der Waals surface area (Å²) in [5.74, 6) is 3.47. The molecule has 0 aliphatic carbocycles. The van der Waals surface area contributed by atoms with Crippen LogP contribution < -0.4 is 5.32 Å². The summed E-state index contributed by atoms with van der Waals surface area (Å²) in [5, 5.41) is 3.53. The van der Waals surface area contributed by atoms with Gasteiger partial charge in [-0.2, -0.15) is 11.8 Å². The third-order valence-electron chi connectivity index (χ3n) is 3.04. The molecule has 0 saturated carbocycles. The van der Waals surface area contributed by atoms with Crippen LogP contribution in [-0.2, 0) is 0 Å². The van der Waals surface area contributed by atoms with Crippen molar-refractivity contribution in [3.8, 4) is 0 Å². The zero-order valence-electron chi connectivity index (χ0n) is 9.31. The fourth-order valence-electron chi connectivity index (χ4n) is 2.17.